The minimum absolute atomic E-state index is 0.291. The summed E-state index contributed by atoms with van der Waals surface area (Å²) in [6.07, 6.45) is 2.71. The molecule has 0 bridgehead atoms. The Labute approximate surface area is 125 Å². The van der Waals surface area contributed by atoms with Crippen molar-refractivity contribution in [1.82, 2.24) is 5.32 Å². The van der Waals surface area contributed by atoms with Crippen molar-refractivity contribution >= 4 is 34.5 Å². The molecule has 1 aliphatic carbocycles. The predicted octanol–water partition coefficient (Wildman–Crippen LogP) is 2.73. The first-order valence-corrected chi connectivity index (χ1v) is 7.35. The van der Waals surface area contributed by atoms with E-state index in [2.05, 4.69) is 27.9 Å². The second-order valence-electron chi connectivity index (χ2n) is 4.96. The van der Waals surface area contributed by atoms with Crippen molar-refractivity contribution in [2.45, 2.75) is 38.1 Å². The van der Waals surface area contributed by atoms with E-state index >= 15 is 0 Å². The zero-order chi connectivity index (χ0) is 14.0. The van der Waals surface area contributed by atoms with Crippen LogP contribution in [0.1, 0.15) is 41.6 Å². The third-order valence-electron chi connectivity index (χ3n) is 3.73. The molecule has 102 valence electrons. The van der Waals surface area contributed by atoms with E-state index in [1.165, 1.54) is 0 Å². The summed E-state index contributed by atoms with van der Waals surface area (Å²) in [4.78, 5) is 23.7. The molecule has 1 amide bonds. The summed E-state index contributed by atoms with van der Waals surface area (Å²) >= 11 is 2.17. The van der Waals surface area contributed by atoms with Crippen LogP contribution in [0.25, 0.3) is 0 Å². The minimum atomic E-state index is -1.08. The first-order chi connectivity index (χ1) is 8.96. The predicted molar refractivity (Wildman–Crippen MR) is 80.2 cm³/mol. The molecule has 4 nitrogen and oxygen atoms in total. The lowest BCUT2D eigenvalue weighted by atomic mass is 9.96. The van der Waals surface area contributed by atoms with Gasteiger partial charge in [0.15, 0.2) is 0 Å². The molecule has 1 fully saturated rings. The third kappa shape index (κ3) is 2.75. The van der Waals surface area contributed by atoms with E-state index in [4.69, 9.17) is 0 Å². The summed E-state index contributed by atoms with van der Waals surface area (Å²) in [6.45, 7) is 1.87. The molecule has 2 N–H and O–H groups in total. The minimum Gasteiger partial charge on any atom is -0.480 e. The van der Waals surface area contributed by atoms with E-state index in [9.17, 15) is 14.7 Å². The summed E-state index contributed by atoms with van der Waals surface area (Å²) < 4.78 is 1.00. The fraction of sp³-hybridized carbons (Fsp3) is 0.429. The first kappa shape index (κ1) is 14.3. The average Bonchev–Trinajstić information content (AvgIpc) is 2.82. The van der Waals surface area contributed by atoms with Crippen molar-refractivity contribution < 1.29 is 14.7 Å². The Morgan fingerprint density at radius 1 is 1.32 bits per heavy atom. The quantitative estimate of drug-likeness (QED) is 0.801. The number of rotatable bonds is 3. The molecule has 1 saturated carbocycles. The SMILES string of the molecule is Cc1c(I)cccc1C(=O)NC1(C(=O)O)CCCC1. The summed E-state index contributed by atoms with van der Waals surface area (Å²) in [5.74, 6) is -1.22. The number of carbonyl (C=O) groups is 2. The van der Waals surface area contributed by atoms with E-state index in [-0.39, 0.29) is 5.91 Å². The Hall–Kier alpha value is -1.11. The molecule has 0 spiro atoms. The van der Waals surface area contributed by atoms with Gasteiger partial charge in [-0.2, -0.15) is 0 Å². The third-order valence-corrected chi connectivity index (χ3v) is 4.90. The number of nitrogens with one attached hydrogen (secondary N) is 1. The van der Waals surface area contributed by atoms with Gasteiger partial charge in [-0.3, -0.25) is 4.79 Å². The van der Waals surface area contributed by atoms with Gasteiger partial charge in [0.25, 0.3) is 5.91 Å². The van der Waals surface area contributed by atoms with Crippen LogP contribution in [-0.2, 0) is 4.79 Å². The molecule has 1 aromatic carbocycles. The number of benzene rings is 1. The highest BCUT2D eigenvalue weighted by Crippen LogP contribution is 2.30. The van der Waals surface area contributed by atoms with E-state index in [0.717, 1.165) is 22.0 Å². The van der Waals surface area contributed by atoms with Gasteiger partial charge in [0.1, 0.15) is 5.54 Å². The number of hydrogen-bond acceptors (Lipinski definition) is 2. The fourth-order valence-corrected chi connectivity index (χ4v) is 3.01. The largest absolute Gasteiger partial charge is 0.480 e. The molecule has 1 aliphatic rings. The topological polar surface area (TPSA) is 66.4 Å². The van der Waals surface area contributed by atoms with Crippen LogP contribution in [0.4, 0.5) is 0 Å². The van der Waals surface area contributed by atoms with Crippen molar-refractivity contribution in [3.63, 3.8) is 0 Å². The molecule has 1 aromatic rings. The number of halogens is 1. The molecule has 0 atom stereocenters. The summed E-state index contributed by atoms with van der Waals surface area (Å²) in [5.41, 5.74) is 0.365. The highest BCUT2D eigenvalue weighted by molar-refractivity contribution is 14.1. The molecule has 0 unspecified atom stereocenters. The standard InChI is InChI=1S/C14H16INO3/c1-9-10(5-4-6-11(9)15)12(17)16-14(13(18)19)7-2-3-8-14/h4-6H,2-3,7-8H2,1H3,(H,16,17)(H,18,19). The number of amides is 1. The molecule has 5 heteroatoms. The van der Waals surface area contributed by atoms with Gasteiger partial charge in [0.05, 0.1) is 0 Å². The summed E-state index contributed by atoms with van der Waals surface area (Å²) in [7, 11) is 0. The normalized spacial score (nSPS) is 17.2. The van der Waals surface area contributed by atoms with Gasteiger partial charge >= 0.3 is 5.97 Å². The molecule has 0 aliphatic heterocycles. The Balaban J connectivity index is 2.25. The van der Waals surface area contributed by atoms with Crippen molar-refractivity contribution in [3.8, 4) is 0 Å². The average molecular weight is 373 g/mol. The van der Waals surface area contributed by atoms with Crippen LogP contribution in [0.5, 0.6) is 0 Å². The van der Waals surface area contributed by atoms with Crippen LogP contribution in [0.2, 0.25) is 0 Å². The molecule has 0 saturated heterocycles. The van der Waals surface area contributed by atoms with Crippen LogP contribution in [0, 0.1) is 10.5 Å². The molecular formula is C14H16INO3. The zero-order valence-electron chi connectivity index (χ0n) is 10.7. The van der Waals surface area contributed by atoms with Crippen LogP contribution in [-0.4, -0.2) is 22.5 Å². The van der Waals surface area contributed by atoms with Crippen molar-refractivity contribution in [2.24, 2.45) is 0 Å². The van der Waals surface area contributed by atoms with Crippen molar-refractivity contribution in [1.29, 1.82) is 0 Å². The van der Waals surface area contributed by atoms with Gasteiger partial charge in [-0.1, -0.05) is 18.9 Å². The second-order valence-corrected chi connectivity index (χ2v) is 6.12. The number of carboxylic acids is 1. The maximum atomic E-state index is 12.3. The van der Waals surface area contributed by atoms with Gasteiger partial charge in [0.2, 0.25) is 0 Å². The van der Waals surface area contributed by atoms with Gasteiger partial charge < -0.3 is 10.4 Å². The smallest absolute Gasteiger partial charge is 0.329 e. The molecule has 0 heterocycles. The molecule has 2 rings (SSSR count). The molecule has 0 aromatic heterocycles. The van der Waals surface area contributed by atoms with Gasteiger partial charge in [0, 0.05) is 9.13 Å². The Morgan fingerprint density at radius 3 is 2.53 bits per heavy atom. The highest BCUT2D eigenvalue weighted by atomic mass is 127. The number of carbonyl (C=O) groups excluding carboxylic acids is 1. The Morgan fingerprint density at radius 2 is 1.95 bits per heavy atom. The van der Waals surface area contributed by atoms with E-state index < -0.39 is 11.5 Å². The van der Waals surface area contributed by atoms with Crippen LogP contribution in [0.3, 0.4) is 0 Å². The number of hydrogen-bond donors (Lipinski definition) is 2. The highest BCUT2D eigenvalue weighted by Gasteiger charge is 2.42. The fourth-order valence-electron chi connectivity index (χ4n) is 2.51. The lowest BCUT2D eigenvalue weighted by Gasteiger charge is -2.25. The second kappa shape index (κ2) is 5.48. The molecule has 19 heavy (non-hydrogen) atoms. The van der Waals surface area contributed by atoms with Gasteiger partial charge in [-0.25, -0.2) is 4.79 Å². The molecular weight excluding hydrogens is 357 g/mol. The monoisotopic (exact) mass is 373 g/mol. The van der Waals surface area contributed by atoms with Crippen LogP contribution < -0.4 is 5.32 Å². The lowest BCUT2D eigenvalue weighted by molar-refractivity contribution is -0.144. The van der Waals surface area contributed by atoms with E-state index in [0.29, 0.717) is 18.4 Å². The van der Waals surface area contributed by atoms with Gasteiger partial charge in [-0.05, 0) is 60.1 Å². The maximum Gasteiger partial charge on any atom is 0.329 e. The molecule has 0 radical (unpaired) electrons. The number of carboxylic acid groups (broad SMARTS) is 1. The lowest BCUT2D eigenvalue weighted by Crippen LogP contribution is -2.52. The van der Waals surface area contributed by atoms with Crippen molar-refractivity contribution in [3.05, 3.63) is 32.9 Å². The summed E-state index contributed by atoms with van der Waals surface area (Å²) in [6, 6.07) is 5.47. The van der Waals surface area contributed by atoms with Crippen LogP contribution in [0.15, 0.2) is 18.2 Å². The maximum absolute atomic E-state index is 12.3. The first-order valence-electron chi connectivity index (χ1n) is 6.27. The van der Waals surface area contributed by atoms with Gasteiger partial charge in [-0.15, -0.1) is 0 Å². The van der Waals surface area contributed by atoms with E-state index in [1.807, 2.05) is 19.1 Å². The van der Waals surface area contributed by atoms with Crippen molar-refractivity contribution in [2.75, 3.05) is 0 Å². The zero-order valence-corrected chi connectivity index (χ0v) is 12.9. The number of aliphatic carboxylic acids is 1. The summed E-state index contributed by atoms with van der Waals surface area (Å²) in [5, 5.41) is 12.1. The van der Waals surface area contributed by atoms with Crippen LogP contribution >= 0.6 is 22.6 Å². The Kier molecular flexibility index (Phi) is 4.13. The Bertz CT molecular complexity index is 521. The van der Waals surface area contributed by atoms with E-state index in [1.54, 1.807) is 6.07 Å².